The summed E-state index contributed by atoms with van der Waals surface area (Å²) in [5.41, 5.74) is 0. The number of carbonyl (C=O) groups excluding carboxylic acids is 2. The lowest BCUT2D eigenvalue weighted by atomic mass is 10.2. The van der Waals surface area contributed by atoms with E-state index >= 15 is 0 Å². The molecule has 0 N–H and O–H groups in total. The summed E-state index contributed by atoms with van der Waals surface area (Å²) in [5.74, 6) is 0.0816. The van der Waals surface area contributed by atoms with Crippen molar-refractivity contribution in [2.24, 2.45) is 0 Å². The monoisotopic (exact) mass is 215 g/mol. The van der Waals surface area contributed by atoms with Crippen LogP contribution in [-0.2, 0) is 9.59 Å². The van der Waals surface area contributed by atoms with E-state index in [4.69, 9.17) is 11.6 Å². The number of alkyl halides is 1. The Labute approximate surface area is 88.7 Å². The molecule has 1 aliphatic heterocycles. The largest absolute Gasteiger partial charge is 0.342 e. The first-order valence-corrected chi connectivity index (χ1v) is 5.30. The Kier molecular flexibility index (Phi) is 4.66. The van der Waals surface area contributed by atoms with Crippen LogP contribution in [0.25, 0.3) is 0 Å². The van der Waals surface area contributed by atoms with Crippen LogP contribution in [0.15, 0.2) is 12.2 Å². The number of rotatable bonds is 4. The van der Waals surface area contributed by atoms with E-state index in [0.717, 1.165) is 25.9 Å². The molecule has 1 aliphatic rings. The van der Waals surface area contributed by atoms with Gasteiger partial charge in [0.15, 0.2) is 5.78 Å². The molecule has 3 nitrogen and oxygen atoms in total. The van der Waals surface area contributed by atoms with E-state index < -0.39 is 0 Å². The smallest absolute Gasteiger partial charge is 0.230 e. The maximum Gasteiger partial charge on any atom is 0.230 e. The molecule has 0 spiro atoms. The summed E-state index contributed by atoms with van der Waals surface area (Å²) in [6.07, 6.45) is 5.02. The van der Waals surface area contributed by atoms with Gasteiger partial charge in [0.2, 0.25) is 5.91 Å². The third-order valence-electron chi connectivity index (χ3n) is 2.18. The first kappa shape index (κ1) is 11.2. The van der Waals surface area contributed by atoms with Gasteiger partial charge in [0.25, 0.3) is 0 Å². The first-order chi connectivity index (χ1) is 6.74. The molecule has 0 atom stereocenters. The molecular formula is C10H14ClNO2. The molecule has 78 valence electrons. The van der Waals surface area contributed by atoms with E-state index in [1.165, 1.54) is 6.08 Å². The number of nitrogens with zero attached hydrogens (tertiary/aromatic N) is 1. The Morgan fingerprint density at radius 2 is 1.93 bits per heavy atom. The molecule has 1 fully saturated rings. The number of hydrogen-bond acceptors (Lipinski definition) is 2. The van der Waals surface area contributed by atoms with Gasteiger partial charge < -0.3 is 4.90 Å². The minimum absolute atomic E-state index is 0.0204. The quantitative estimate of drug-likeness (QED) is 0.404. The van der Waals surface area contributed by atoms with Gasteiger partial charge in [0.05, 0.1) is 6.42 Å². The van der Waals surface area contributed by atoms with Gasteiger partial charge in [-0.05, 0) is 18.9 Å². The van der Waals surface area contributed by atoms with E-state index in [9.17, 15) is 9.59 Å². The van der Waals surface area contributed by atoms with Gasteiger partial charge in [-0.3, -0.25) is 9.59 Å². The molecular weight excluding hydrogens is 202 g/mol. The summed E-state index contributed by atoms with van der Waals surface area (Å²) < 4.78 is 0. The lowest BCUT2D eigenvalue weighted by molar-refractivity contribution is -0.133. The van der Waals surface area contributed by atoms with Crippen LogP contribution in [-0.4, -0.2) is 35.6 Å². The van der Waals surface area contributed by atoms with Crippen molar-refractivity contribution in [3.63, 3.8) is 0 Å². The second-order valence-corrected chi connectivity index (χ2v) is 3.60. The highest BCUT2D eigenvalue weighted by atomic mass is 35.5. The number of amides is 1. The number of likely N-dealkylation sites (tertiary alicyclic amines) is 1. The highest BCUT2D eigenvalue weighted by Crippen LogP contribution is 2.09. The van der Waals surface area contributed by atoms with Crippen molar-refractivity contribution in [1.29, 1.82) is 0 Å². The minimum Gasteiger partial charge on any atom is -0.342 e. The standard InChI is InChI=1S/C10H14ClNO2/c11-5-3-4-9(13)8-10(14)12-6-1-2-7-12/h3-4H,1-2,5-8H2/b4-3+. The number of carbonyl (C=O) groups is 2. The Morgan fingerprint density at radius 1 is 1.29 bits per heavy atom. The van der Waals surface area contributed by atoms with Gasteiger partial charge in [-0.2, -0.15) is 0 Å². The zero-order valence-electron chi connectivity index (χ0n) is 8.04. The molecule has 1 heterocycles. The highest BCUT2D eigenvalue weighted by molar-refractivity contribution is 6.19. The van der Waals surface area contributed by atoms with Gasteiger partial charge in [-0.25, -0.2) is 0 Å². The van der Waals surface area contributed by atoms with E-state index in [1.54, 1.807) is 11.0 Å². The summed E-state index contributed by atoms with van der Waals surface area (Å²) in [6.45, 7) is 1.59. The van der Waals surface area contributed by atoms with Crippen LogP contribution in [0.2, 0.25) is 0 Å². The normalized spacial score (nSPS) is 16.5. The van der Waals surface area contributed by atoms with Crippen LogP contribution in [0.4, 0.5) is 0 Å². The van der Waals surface area contributed by atoms with Crippen LogP contribution in [0.5, 0.6) is 0 Å². The fourth-order valence-corrected chi connectivity index (χ4v) is 1.55. The molecule has 14 heavy (non-hydrogen) atoms. The second kappa shape index (κ2) is 5.81. The van der Waals surface area contributed by atoms with E-state index in [-0.39, 0.29) is 18.1 Å². The molecule has 1 saturated heterocycles. The SMILES string of the molecule is O=C(/C=C/CCl)CC(=O)N1CCCC1. The predicted octanol–water partition coefficient (Wildman–Crippen LogP) is 1.36. The maximum absolute atomic E-state index is 11.5. The van der Waals surface area contributed by atoms with Crippen LogP contribution in [0, 0.1) is 0 Å². The highest BCUT2D eigenvalue weighted by Gasteiger charge is 2.18. The van der Waals surface area contributed by atoms with Crippen molar-refractivity contribution >= 4 is 23.3 Å². The summed E-state index contributed by atoms with van der Waals surface area (Å²) in [5, 5.41) is 0. The average Bonchev–Trinajstić information content (AvgIpc) is 2.67. The van der Waals surface area contributed by atoms with Gasteiger partial charge in [0.1, 0.15) is 0 Å². The van der Waals surface area contributed by atoms with Crippen molar-refractivity contribution in [2.75, 3.05) is 19.0 Å². The van der Waals surface area contributed by atoms with Crippen molar-refractivity contribution in [3.8, 4) is 0 Å². The average molecular weight is 216 g/mol. The molecule has 0 saturated carbocycles. The lowest BCUT2D eigenvalue weighted by Crippen LogP contribution is -2.29. The lowest BCUT2D eigenvalue weighted by Gasteiger charge is -2.13. The van der Waals surface area contributed by atoms with Gasteiger partial charge >= 0.3 is 0 Å². The summed E-state index contributed by atoms with van der Waals surface area (Å²) in [4.78, 5) is 24.4. The third-order valence-corrected chi connectivity index (χ3v) is 2.36. The summed E-state index contributed by atoms with van der Waals surface area (Å²) in [7, 11) is 0. The van der Waals surface area contributed by atoms with Crippen LogP contribution in [0.3, 0.4) is 0 Å². The number of halogens is 1. The molecule has 1 rings (SSSR count). The van der Waals surface area contributed by atoms with Gasteiger partial charge in [-0.15, -0.1) is 11.6 Å². The fourth-order valence-electron chi connectivity index (χ4n) is 1.46. The predicted molar refractivity (Wildman–Crippen MR) is 55.3 cm³/mol. The Balaban J connectivity index is 2.32. The van der Waals surface area contributed by atoms with E-state index in [0.29, 0.717) is 5.88 Å². The van der Waals surface area contributed by atoms with Gasteiger partial charge in [0, 0.05) is 19.0 Å². The molecule has 1 amide bonds. The number of ketones is 1. The van der Waals surface area contributed by atoms with Crippen LogP contribution < -0.4 is 0 Å². The number of hydrogen-bond donors (Lipinski definition) is 0. The summed E-state index contributed by atoms with van der Waals surface area (Å²) >= 11 is 5.37. The van der Waals surface area contributed by atoms with Crippen molar-refractivity contribution in [3.05, 3.63) is 12.2 Å². The van der Waals surface area contributed by atoms with Crippen LogP contribution in [0.1, 0.15) is 19.3 Å². The minimum atomic E-state index is -0.164. The van der Waals surface area contributed by atoms with Crippen LogP contribution >= 0.6 is 11.6 Å². The zero-order chi connectivity index (χ0) is 10.4. The molecule has 0 aromatic carbocycles. The van der Waals surface area contributed by atoms with Crippen molar-refractivity contribution in [1.82, 2.24) is 4.90 Å². The number of allylic oxidation sites excluding steroid dienone is 2. The second-order valence-electron chi connectivity index (χ2n) is 3.29. The Morgan fingerprint density at radius 3 is 2.50 bits per heavy atom. The van der Waals surface area contributed by atoms with E-state index in [2.05, 4.69) is 0 Å². The van der Waals surface area contributed by atoms with Crippen molar-refractivity contribution < 1.29 is 9.59 Å². The van der Waals surface area contributed by atoms with Gasteiger partial charge in [-0.1, -0.05) is 6.08 Å². The molecule has 0 aromatic rings. The maximum atomic E-state index is 11.5. The molecule has 0 bridgehead atoms. The zero-order valence-corrected chi connectivity index (χ0v) is 8.79. The molecule has 0 aliphatic carbocycles. The fraction of sp³-hybridized carbons (Fsp3) is 0.600. The Bertz CT molecular complexity index is 245. The molecule has 0 unspecified atom stereocenters. The Hall–Kier alpha value is -0.830. The van der Waals surface area contributed by atoms with Crippen molar-refractivity contribution in [2.45, 2.75) is 19.3 Å². The topological polar surface area (TPSA) is 37.4 Å². The first-order valence-electron chi connectivity index (χ1n) is 4.77. The molecule has 0 aromatic heterocycles. The molecule has 4 heteroatoms. The third kappa shape index (κ3) is 3.50. The van der Waals surface area contributed by atoms with E-state index in [1.807, 2.05) is 0 Å². The summed E-state index contributed by atoms with van der Waals surface area (Å²) in [6, 6.07) is 0. The molecule has 0 radical (unpaired) electrons.